The number of anilines is 1. The van der Waals surface area contributed by atoms with Gasteiger partial charge in [-0.05, 0) is 31.0 Å². The molecular weight excluding hydrogens is 282 g/mol. The van der Waals surface area contributed by atoms with Crippen LogP contribution in [0.1, 0.15) is 18.4 Å². The molecule has 1 heterocycles. The lowest BCUT2D eigenvalue weighted by atomic mass is 10.1. The Balaban J connectivity index is 2.20. The lowest BCUT2D eigenvalue weighted by Gasteiger charge is -2.13. The molecule has 1 aromatic rings. The van der Waals surface area contributed by atoms with Crippen molar-refractivity contribution in [3.63, 3.8) is 0 Å². The Morgan fingerprint density at radius 3 is 2.70 bits per heavy atom. The first-order chi connectivity index (χ1) is 9.27. The smallest absolute Gasteiger partial charge is 0.246 e. The third-order valence-corrected chi connectivity index (χ3v) is 4.02. The summed E-state index contributed by atoms with van der Waals surface area (Å²) in [4.78, 5) is 23.0. The van der Waals surface area contributed by atoms with Crippen molar-refractivity contribution >= 4 is 27.5 Å². The van der Waals surface area contributed by atoms with Crippen molar-refractivity contribution < 1.29 is 18.0 Å². The average molecular weight is 297 g/mol. The van der Waals surface area contributed by atoms with E-state index in [1.54, 1.807) is 13.0 Å². The molecular formula is C12H15N3O4S. The molecule has 1 atom stereocenters. The summed E-state index contributed by atoms with van der Waals surface area (Å²) in [6.07, 6.45) is 0.743. The van der Waals surface area contributed by atoms with Crippen LogP contribution < -0.4 is 15.8 Å². The number of aryl methyl sites for hydroxylation is 1. The zero-order chi connectivity index (χ0) is 14.9. The van der Waals surface area contributed by atoms with Crippen LogP contribution in [0.4, 0.5) is 5.69 Å². The molecule has 2 amide bonds. The quantitative estimate of drug-likeness (QED) is 0.719. The fourth-order valence-corrected chi connectivity index (χ4v) is 2.48. The molecule has 7 nitrogen and oxygen atoms in total. The largest absolute Gasteiger partial charge is 0.344 e. The summed E-state index contributed by atoms with van der Waals surface area (Å²) in [5.74, 6) is -0.536. The van der Waals surface area contributed by atoms with Crippen LogP contribution in [0.2, 0.25) is 0 Å². The van der Waals surface area contributed by atoms with E-state index in [4.69, 9.17) is 5.14 Å². The van der Waals surface area contributed by atoms with E-state index in [9.17, 15) is 18.0 Å². The van der Waals surface area contributed by atoms with Crippen LogP contribution in [0.5, 0.6) is 0 Å². The predicted octanol–water partition coefficient (Wildman–Crippen LogP) is -0.140. The van der Waals surface area contributed by atoms with Crippen molar-refractivity contribution in [1.82, 2.24) is 5.32 Å². The Morgan fingerprint density at radius 1 is 1.45 bits per heavy atom. The van der Waals surface area contributed by atoms with Crippen LogP contribution in [0.25, 0.3) is 0 Å². The van der Waals surface area contributed by atoms with E-state index in [1.807, 2.05) is 0 Å². The van der Waals surface area contributed by atoms with E-state index >= 15 is 0 Å². The third-order valence-electron chi connectivity index (χ3n) is 3.11. The Labute approximate surface area is 116 Å². The van der Waals surface area contributed by atoms with Crippen LogP contribution in [-0.4, -0.2) is 26.3 Å². The highest BCUT2D eigenvalue weighted by Gasteiger charge is 2.27. The molecule has 1 saturated heterocycles. The molecule has 108 valence electrons. The van der Waals surface area contributed by atoms with Gasteiger partial charge in [-0.2, -0.15) is 0 Å². The van der Waals surface area contributed by atoms with E-state index in [0.717, 1.165) is 0 Å². The van der Waals surface area contributed by atoms with E-state index in [-0.39, 0.29) is 16.7 Å². The average Bonchev–Trinajstić information content (AvgIpc) is 2.77. The van der Waals surface area contributed by atoms with Gasteiger partial charge in [0.15, 0.2) is 0 Å². The molecule has 0 radical (unpaired) electrons. The van der Waals surface area contributed by atoms with E-state index in [0.29, 0.717) is 24.1 Å². The van der Waals surface area contributed by atoms with Crippen molar-refractivity contribution in [3.05, 3.63) is 23.8 Å². The second kappa shape index (κ2) is 5.22. The summed E-state index contributed by atoms with van der Waals surface area (Å²) in [6.45, 7) is 1.73. The van der Waals surface area contributed by atoms with Gasteiger partial charge in [0.05, 0.1) is 4.90 Å². The monoisotopic (exact) mass is 297 g/mol. The number of benzene rings is 1. The molecule has 0 aromatic heterocycles. The van der Waals surface area contributed by atoms with Gasteiger partial charge in [0, 0.05) is 12.1 Å². The molecule has 0 spiro atoms. The summed E-state index contributed by atoms with van der Waals surface area (Å²) in [5, 5.41) is 10.2. The van der Waals surface area contributed by atoms with Crippen molar-refractivity contribution in [2.24, 2.45) is 5.14 Å². The van der Waals surface area contributed by atoms with Gasteiger partial charge in [0.1, 0.15) is 6.04 Å². The summed E-state index contributed by atoms with van der Waals surface area (Å²) < 4.78 is 22.6. The highest BCUT2D eigenvalue weighted by molar-refractivity contribution is 7.89. The topological polar surface area (TPSA) is 118 Å². The van der Waals surface area contributed by atoms with E-state index in [2.05, 4.69) is 10.6 Å². The molecule has 1 unspecified atom stereocenters. The van der Waals surface area contributed by atoms with Crippen molar-refractivity contribution in [2.45, 2.75) is 30.7 Å². The summed E-state index contributed by atoms with van der Waals surface area (Å²) in [5.41, 5.74) is 1.07. The third kappa shape index (κ3) is 3.14. The minimum absolute atomic E-state index is 0.0751. The van der Waals surface area contributed by atoms with Crippen molar-refractivity contribution in [1.29, 1.82) is 0 Å². The zero-order valence-electron chi connectivity index (χ0n) is 10.8. The number of carbonyl (C=O) groups excluding carboxylic acids is 2. The second-order valence-corrected chi connectivity index (χ2v) is 6.23. The van der Waals surface area contributed by atoms with E-state index in [1.165, 1.54) is 12.1 Å². The Kier molecular flexibility index (Phi) is 3.78. The minimum atomic E-state index is -3.83. The Morgan fingerprint density at radius 2 is 2.15 bits per heavy atom. The number of primary sulfonamides is 1. The van der Waals surface area contributed by atoms with Gasteiger partial charge in [-0.3, -0.25) is 9.59 Å². The van der Waals surface area contributed by atoms with Gasteiger partial charge in [-0.25, -0.2) is 13.6 Å². The Hall–Kier alpha value is -1.93. The van der Waals surface area contributed by atoms with Gasteiger partial charge >= 0.3 is 0 Å². The minimum Gasteiger partial charge on any atom is -0.344 e. The molecule has 1 aliphatic heterocycles. The second-order valence-electron chi connectivity index (χ2n) is 4.67. The predicted molar refractivity (Wildman–Crippen MR) is 72.3 cm³/mol. The zero-order valence-corrected chi connectivity index (χ0v) is 11.7. The Bertz CT molecular complexity index is 669. The molecule has 0 aliphatic carbocycles. The van der Waals surface area contributed by atoms with Gasteiger partial charge in [0.25, 0.3) is 0 Å². The molecule has 2 rings (SSSR count). The fraction of sp³-hybridized carbons (Fsp3) is 0.333. The molecule has 0 saturated carbocycles. The first kappa shape index (κ1) is 14.5. The molecule has 0 bridgehead atoms. The molecule has 4 N–H and O–H groups in total. The van der Waals surface area contributed by atoms with Crippen LogP contribution in [0.3, 0.4) is 0 Å². The highest BCUT2D eigenvalue weighted by atomic mass is 32.2. The normalized spacial score (nSPS) is 18.7. The maximum absolute atomic E-state index is 12.0. The SMILES string of the molecule is Cc1ccc(S(N)(=O)=O)cc1NC(=O)C1CCC(=O)N1. The molecule has 20 heavy (non-hydrogen) atoms. The first-order valence-corrected chi connectivity index (χ1v) is 7.55. The summed E-state index contributed by atoms with van der Waals surface area (Å²) in [6, 6.07) is 3.65. The highest BCUT2D eigenvalue weighted by Crippen LogP contribution is 2.20. The standard InChI is InChI=1S/C12H15N3O4S/c1-7-2-3-8(20(13,18)19)6-10(7)15-12(17)9-4-5-11(16)14-9/h2-3,6,9H,4-5H2,1H3,(H,14,16)(H,15,17)(H2,13,18,19). The van der Waals surface area contributed by atoms with Gasteiger partial charge in [-0.15, -0.1) is 0 Å². The summed E-state index contributed by atoms with van der Waals surface area (Å²) >= 11 is 0. The number of hydrogen-bond donors (Lipinski definition) is 3. The summed E-state index contributed by atoms with van der Waals surface area (Å²) in [7, 11) is -3.83. The van der Waals surface area contributed by atoms with Gasteiger partial charge < -0.3 is 10.6 Å². The first-order valence-electron chi connectivity index (χ1n) is 6.01. The van der Waals surface area contributed by atoms with Gasteiger partial charge in [-0.1, -0.05) is 6.07 Å². The maximum atomic E-state index is 12.0. The van der Waals surface area contributed by atoms with E-state index < -0.39 is 16.1 Å². The van der Waals surface area contributed by atoms with Gasteiger partial charge in [0.2, 0.25) is 21.8 Å². The molecule has 8 heteroatoms. The lowest BCUT2D eigenvalue weighted by Crippen LogP contribution is -2.37. The lowest BCUT2D eigenvalue weighted by molar-refractivity contribution is -0.122. The maximum Gasteiger partial charge on any atom is 0.246 e. The molecule has 1 aliphatic rings. The number of carbonyl (C=O) groups is 2. The number of hydrogen-bond acceptors (Lipinski definition) is 4. The number of rotatable bonds is 3. The van der Waals surface area contributed by atoms with Crippen LogP contribution in [0, 0.1) is 6.92 Å². The van der Waals surface area contributed by atoms with Crippen LogP contribution in [0.15, 0.2) is 23.1 Å². The number of sulfonamides is 1. The van der Waals surface area contributed by atoms with Crippen LogP contribution >= 0.6 is 0 Å². The molecule has 1 fully saturated rings. The fourth-order valence-electron chi connectivity index (χ4n) is 1.94. The molecule has 1 aromatic carbocycles. The van der Waals surface area contributed by atoms with Crippen molar-refractivity contribution in [2.75, 3.05) is 5.32 Å². The number of nitrogens with one attached hydrogen (secondary N) is 2. The number of amides is 2. The van der Waals surface area contributed by atoms with Crippen molar-refractivity contribution in [3.8, 4) is 0 Å². The van der Waals surface area contributed by atoms with Crippen LogP contribution in [-0.2, 0) is 19.6 Å². The number of nitrogens with two attached hydrogens (primary N) is 1.